The monoisotopic (exact) mass is 314 g/mol. The second-order valence-corrected chi connectivity index (χ2v) is 7.80. The maximum absolute atomic E-state index is 12.0. The number of nitrogens with zero attached hydrogens (tertiary/aromatic N) is 2. The number of carboxylic acids is 1. The van der Waals surface area contributed by atoms with Crippen LogP contribution in [0.5, 0.6) is 0 Å². The van der Waals surface area contributed by atoms with Crippen LogP contribution in [0.4, 0.5) is 4.79 Å². The predicted octanol–water partition coefficient (Wildman–Crippen LogP) is 0.907. The summed E-state index contributed by atoms with van der Waals surface area (Å²) in [5, 5.41) is 19.3. The first kappa shape index (κ1) is 17.0. The van der Waals surface area contributed by atoms with Crippen molar-refractivity contribution in [2.45, 2.75) is 57.3 Å². The lowest BCUT2D eigenvalue weighted by Gasteiger charge is -2.54. The molecule has 0 radical (unpaired) electrons. The maximum Gasteiger partial charge on any atom is 0.410 e. The fraction of sp³-hybridized carbons (Fsp3) is 0.867. The van der Waals surface area contributed by atoms with Gasteiger partial charge in [0.15, 0.2) is 0 Å². The van der Waals surface area contributed by atoms with Gasteiger partial charge >= 0.3 is 12.1 Å². The van der Waals surface area contributed by atoms with Crippen molar-refractivity contribution in [2.24, 2.45) is 0 Å². The molecule has 2 fully saturated rings. The molecule has 2 aliphatic heterocycles. The van der Waals surface area contributed by atoms with E-state index in [0.29, 0.717) is 32.6 Å². The molecule has 0 aromatic rings. The van der Waals surface area contributed by atoms with Crippen molar-refractivity contribution in [2.75, 3.05) is 26.2 Å². The molecule has 7 nitrogen and oxygen atoms in total. The number of aliphatic carboxylic acids is 1. The van der Waals surface area contributed by atoms with E-state index in [1.165, 1.54) is 4.90 Å². The van der Waals surface area contributed by atoms with Gasteiger partial charge in [-0.3, -0.25) is 9.69 Å². The van der Waals surface area contributed by atoms with E-state index in [4.69, 9.17) is 4.74 Å². The summed E-state index contributed by atoms with van der Waals surface area (Å²) < 4.78 is 5.32. The molecular weight excluding hydrogens is 288 g/mol. The normalized spacial score (nSPS) is 28.3. The molecule has 2 rings (SSSR count). The Labute approximate surface area is 130 Å². The Morgan fingerprint density at radius 2 is 1.82 bits per heavy atom. The number of likely N-dealkylation sites (tertiary alicyclic amines) is 2. The molecule has 2 heterocycles. The highest BCUT2D eigenvalue weighted by Gasteiger charge is 2.54. The standard InChI is InChI=1S/C15H26N2O5/c1-13(2,3)22-12(20)16-9-15(10-16,7-11(18)19)17-6-5-14(4,21)8-17/h21H,5-10H2,1-4H3,(H,18,19). The summed E-state index contributed by atoms with van der Waals surface area (Å²) in [6.07, 6.45) is 0.155. The largest absolute Gasteiger partial charge is 0.481 e. The first-order chi connectivity index (χ1) is 9.92. The van der Waals surface area contributed by atoms with Crippen molar-refractivity contribution < 1.29 is 24.5 Å². The van der Waals surface area contributed by atoms with E-state index in [9.17, 15) is 19.8 Å². The zero-order valence-electron chi connectivity index (χ0n) is 13.8. The van der Waals surface area contributed by atoms with Crippen molar-refractivity contribution in [3.05, 3.63) is 0 Å². The highest BCUT2D eigenvalue weighted by Crippen LogP contribution is 2.37. The zero-order valence-corrected chi connectivity index (χ0v) is 13.8. The average molecular weight is 314 g/mol. The fourth-order valence-electron chi connectivity index (χ4n) is 3.17. The van der Waals surface area contributed by atoms with Crippen LogP contribution in [0.1, 0.15) is 40.5 Å². The van der Waals surface area contributed by atoms with Gasteiger partial charge in [-0.1, -0.05) is 0 Å². The summed E-state index contributed by atoms with van der Waals surface area (Å²) in [5.74, 6) is -0.893. The molecular formula is C15H26N2O5. The van der Waals surface area contributed by atoms with Crippen molar-refractivity contribution in [3.8, 4) is 0 Å². The van der Waals surface area contributed by atoms with Crippen LogP contribution in [0.15, 0.2) is 0 Å². The van der Waals surface area contributed by atoms with Gasteiger partial charge in [0, 0.05) is 26.2 Å². The highest BCUT2D eigenvalue weighted by molar-refractivity contribution is 5.73. The van der Waals surface area contributed by atoms with Gasteiger partial charge in [0.25, 0.3) is 0 Å². The molecule has 0 aromatic heterocycles. The molecule has 0 saturated carbocycles. The lowest BCUT2D eigenvalue weighted by molar-refractivity contribution is -0.145. The van der Waals surface area contributed by atoms with E-state index in [1.54, 1.807) is 27.7 Å². The summed E-state index contributed by atoms with van der Waals surface area (Å²) in [5.41, 5.74) is -1.96. The van der Waals surface area contributed by atoms with Crippen LogP contribution in [0.3, 0.4) is 0 Å². The number of hydrogen-bond acceptors (Lipinski definition) is 5. The number of aliphatic hydroxyl groups is 1. The summed E-state index contributed by atoms with van der Waals surface area (Å²) in [4.78, 5) is 26.8. The number of hydrogen-bond donors (Lipinski definition) is 2. The number of amides is 1. The zero-order chi connectivity index (χ0) is 16.8. The van der Waals surface area contributed by atoms with Crippen LogP contribution in [0, 0.1) is 0 Å². The third-order valence-electron chi connectivity index (χ3n) is 4.22. The molecule has 2 aliphatic rings. The van der Waals surface area contributed by atoms with Gasteiger partial charge in [-0.05, 0) is 34.1 Å². The Bertz CT molecular complexity index is 463. The average Bonchev–Trinajstić information content (AvgIpc) is 2.60. The van der Waals surface area contributed by atoms with Gasteiger partial charge in [0.05, 0.1) is 17.6 Å². The molecule has 0 aliphatic carbocycles. The molecule has 2 saturated heterocycles. The maximum atomic E-state index is 12.0. The van der Waals surface area contributed by atoms with Crippen LogP contribution in [0.2, 0.25) is 0 Å². The predicted molar refractivity (Wildman–Crippen MR) is 79.6 cm³/mol. The summed E-state index contributed by atoms with van der Waals surface area (Å²) in [7, 11) is 0. The van der Waals surface area contributed by atoms with Crippen LogP contribution < -0.4 is 0 Å². The fourth-order valence-corrected chi connectivity index (χ4v) is 3.17. The first-order valence-corrected chi connectivity index (χ1v) is 7.60. The van der Waals surface area contributed by atoms with Gasteiger partial charge in [-0.2, -0.15) is 0 Å². The second-order valence-electron chi connectivity index (χ2n) is 7.80. The smallest absolute Gasteiger partial charge is 0.410 e. The Kier molecular flexibility index (Phi) is 4.16. The van der Waals surface area contributed by atoms with Crippen molar-refractivity contribution in [3.63, 3.8) is 0 Å². The molecule has 22 heavy (non-hydrogen) atoms. The molecule has 7 heteroatoms. The van der Waals surface area contributed by atoms with Gasteiger partial charge in [-0.15, -0.1) is 0 Å². The number of β-amino-alcohol motifs (C(OH)–C–C–N with tert-alkyl or cyclic N) is 1. The van der Waals surface area contributed by atoms with Gasteiger partial charge in [-0.25, -0.2) is 4.79 Å². The van der Waals surface area contributed by atoms with E-state index in [1.807, 2.05) is 4.90 Å². The van der Waals surface area contributed by atoms with Gasteiger partial charge < -0.3 is 19.8 Å². The molecule has 1 unspecified atom stereocenters. The van der Waals surface area contributed by atoms with Crippen LogP contribution >= 0.6 is 0 Å². The second kappa shape index (κ2) is 5.38. The van der Waals surface area contributed by atoms with E-state index in [0.717, 1.165) is 0 Å². The molecule has 0 spiro atoms. The highest BCUT2D eigenvalue weighted by atomic mass is 16.6. The summed E-state index contributed by atoms with van der Waals surface area (Å²) >= 11 is 0. The lowest BCUT2D eigenvalue weighted by atomic mass is 9.84. The molecule has 0 aromatic carbocycles. The minimum absolute atomic E-state index is 0.0393. The Morgan fingerprint density at radius 1 is 1.23 bits per heavy atom. The van der Waals surface area contributed by atoms with Crippen LogP contribution in [-0.2, 0) is 9.53 Å². The van der Waals surface area contributed by atoms with Gasteiger partial charge in [0.1, 0.15) is 5.60 Å². The SMILES string of the molecule is CC1(O)CCN(C2(CC(=O)O)CN(C(=O)OC(C)(C)C)C2)C1. The number of carboxylic acid groups (broad SMARTS) is 1. The molecule has 126 valence electrons. The topological polar surface area (TPSA) is 90.3 Å². The van der Waals surface area contributed by atoms with E-state index in [2.05, 4.69) is 0 Å². The Hall–Kier alpha value is -1.34. The number of rotatable bonds is 3. The molecule has 1 amide bonds. The number of carbonyl (C=O) groups is 2. The third kappa shape index (κ3) is 3.70. The van der Waals surface area contributed by atoms with E-state index >= 15 is 0 Å². The Morgan fingerprint density at radius 3 is 2.23 bits per heavy atom. The van der Waals surface area contributed by atoms with Crippen molar-refractivity contribution in [1.29, 1.82) is 0 Å². The lowest BCUT2D eigenvalue weighted by Crippen LogP contribution is -2.72. The number of ether oxygens (including phenoxy) is 1. The van der Waals surface area contributed by atoms with E-state index in [-0.39, 0.29) is 6.42 Å². The molecule has 2 N–H and O–H groups in total. The van der Waals surface area contributed by atoms with Crippen LogP contribution in [0.25, 0.3) is 0 Å². The summed E-state index contributed by atoms with van der Waals surface area (Å²) in [6.45, 7) is 8.87. The van der Waals surface area contributed by atoms with Crippen molar-refractivity contribution in [1.82, 2.24) is 9.80 Å². The van der Waals surface area contributed by atoms with Crippen molar-refractivity contribution >= 4 is 12.1 Å². The minimum atomic E-state index is -0.893. The first-order valence-electron chi connectivity index (χ1n) is 7.60. The molecule has 1 atom stereocenters. The molecule has 0 bridgehead atoms. The van der Waals surface area contributed by atoms with E-state index < -0.39 is 28.8 Å². The third-order valence-corrected chi connectivity index (χ3v) is 4.22. The minimum Gasteiger partial charge on any atom is -0.481 e. The number of carbonyl (C=O) groups excluding carboxylic acids is 1. The van der Waals surface area contributed by atoms with Gasteiger partial charge in [0.2, 0.25) is 0 Å². The van der Waals surface area contributed by atoms with Crippen LogP contribution in [-0.4, -0.2) is 75.0 Å². The Balaban J connectivity index is 2.03. The quantitative estimate of drug-likeness (QED) is 0.804. The summed E-state index contributed by atoms with van der Waals surface area (Å²) in [6, 6.07) is 0.